The smallest absolute Gasteiger partial charge is 0.404 e. The average Bonchev–Trinajstić information content (AvgIpc) is 2.86. The van der Waals surface area contributed by atoms with Gasteiger partial charge < -0.3 is 5.11 Å². The van der Waals surface area contributed by atoms with Crippen LogP contribution >= 0.6 is 0 Å². The molecule has 0 unspecified atom stereocenters. The van der Waals surface area contributed by atoms with Gasteiger partial charge in [0, 0.05) is 6.04 Å². The minimum absolute atomic E-state index is 0.0328. The van der Waals surface area contributed by atoms with Crippen molar-refractivity contribution < 1.29 is 23.1 Å². The van der Waals surface area contributed by atoms with Crippen molar-refractivity contribution in [3.63, 3.8) is 0 Å². The summed E-state index contributed by atoms with van der Waals surface area (Å²) in [6, 6.07) is -1.51. The molecule has 92 valence electrons. The molecule has 0 aromatic heterocycles. The van der Waals surface area contributed by atoms with Crippen molar-refractivity contribution in [1.82, 2.24) is 4.90 Å². The highest BCUT2D eigenvalue weighted by Gasteiger charge is 2.55. The molecule has 6 heteroatoms. The Kier molecular flexibility index (Phi) is 2.86. The normalized spacial score (nSPS) is 31.9. The summed E-state index contributed by atoms with van der Waals surface area (Å²) in [6.07, 6.45) is -2.72. The van der Waals surface area contributed by atoms with Gasteiger partial charge in [0.2, 0.25) is 0 Å². The number of carboxylic acid groups (broad SMARTS) is 1. The third kappa shape index (κ3) is 2.31. The van der Waals surface area contributed by atoms with Crippen LogP contribution in [-0.2, 0) is 4.79 Å². The van der Waals surface area contributed by atoms with Gasteiger partial charge >= 0.3 is 12.1 Å². The van der Waals surface area contributed by atoms with Crippen molar-refractivity contribution in [2.24, 2.45) is 5.92 Å². The second-order valence-corrected chi connectivity index (χ2v) is 4.60. The number of carbonyl (C=O) groups is 1. The zero-order chi connectivity index (χ0) is 11.9. The van der Waals surface area contributed by atoms with Crippen LogP contribution in [0, 0.1) is 5.92 Å². The molecule has 0 spiro atoms. The molecule has 0 aromatic carbocycles. The maximum Gasteiger partial charge on any atom is 0.404 e. The van der Waals surface area contributed by atoms with Crippen LogP contribution in [0.3, 0.4) is 0 Å². The molecule has 3 nitrogen and oxygen atoms in total. The Morgan fingerprint density at radius 2 is 1.94 bits per heavy atom. The van der Waals surface area contributed by atoms with Gasteiger partial charge in [0.05, 0.1) is 6.42 Å². The number of likely N-dealkylation sites (tertiary alicyclic amines) is 1. The van der Waals surface area contributed by atoms with Crippen LogP contribution in [-0.4, -0.2) is 40.8 Å². The quantitative estimate of drug-likeness (QED) is 0.814. The van der Waals surface area contributed by atoms with Crippen LogP contribution in [0.5, 0.6) is 0 Å². The molecule has 2 rings (SSSR count). The lowest BCUT2D eigenvalue weighted by molar-refractivity contribution is -0.188. The number of carboxylic acids is 1. The van der Waals surface area contributed by atoms with Gasteiger partial charge in [0.1, 0.15) is 6.04 Å². The summed E-state index contributed by atoms with van der Waals surface area (Å²) in [7, 11) is 0. The van der Waals surface area contributed by atoms with E-state index >= 15 is 0 Å². The minimum Gasteiger partial charge on any atom is -0.481 e. The Labute approximate surface area is 91.2 Å². The number of hydrogen-bond donors (Lipinski definition) is 1. The number of halogens is 3. The van der Waals surface area contributed by atoms with E-state index in [2.05, 4.69) is 0 Å². The fourth-order valence-corrected chi connectivity index (χ4v) is 2.59. The van der Waals surface area contributed by atoms with Crippen LogP contribution in [0.15, 0.2) is 0 Å². The van der Waals surface area contributed by atoms with Gasteiger partial charge in [-0.3, -0.25) is 9.69 Å². The molecule has 2 fully saturated rings. The van der Waals surface area contributed by atoms with Gasteiger partial charge in [-0.05, 0) is 31.7 Å². The summed E-state index contributed by atoms with van der Waals surface area (Å²) < 4.78 is 38.6. The van der Waals surface area contributed by atoms with E-state index in [-0.39, 0.29) is 12.5 Å². The third-order valence-corrected chi connectivity index (χ3v) is 3.35. The number of alkyl halides is 3. The monoisotopic (exact) mass is 237 g/mol. The molecular weight excluding hydrogens is 223 g/mol. The number of nitrogens with zero attached hydrogens (tertiary/aromatic N) is 1. The molecule has 0 amide bonds. The molecule has 0 aromatic rings. The van der Waals surface area contributed by atoms with E-state index < -0.39 is 24.1 Å². The summed E-state index contributed by atoms with van der Waals surface area (Å²) in [5, 5.41) is 8.61. The molecule has 0 radical (unpaired) electrons. The van der Waals surface area contributed by atoms with E-state index in [4.69, 9.17) is 5.11 Å². The van der Waals surface area contributed by atoms with E-state index in [1.807, 2.05) is 0 Å². The zero-order valence-corrected chi connectivity index (χ0v) is 8.70. The van der Waals surface area contributed by atoms with Crippen molar-refractivity contribution in [3.8, 4) is 0 Å². The van der Waals surface area contributed by atoms with Crippen molar-refractivity contribution in [2.75, 3.05) is 6.54 Å². The zero-order valence-electron chi connectivity index (χ0n) is 8.70. The lowest BCUT2D eigenvalue weighted by Gasteiger charge is -2.29. The predicted octanol–water partition coefficient (Wildman–Crippen LogP) is 1.88. The maximum atomic E-state index is 12.9. The molecule has 1 N–H and O–H groups in total. The molecule has 2 atom stereocenters. The molecule has 2 aliphatic rings. The molecule has 1 aliphatic heterocycles. The number of rotatable bonds is 3. The van der Waals surface area contributed by atoms with Crippen LogP contribution < -0.4 is 0 Å². The van der Waals surface area contributed by atoms with Gasteiger partial charge in [0.25, 0.3) is 0 Å². The first-order valence-corrected chi connectivity index (χ1v) is 5.44. The Bertz CT molecular complexity index is 288. The Morgan fingerprint density at radius 3 is 2.38 bits per heavy atom. The van der Waals surface area contributed by atoms with Gasteiger partial charge in [-0.15, -0.1) is 0 Å². The summed E-state index contributed by atoms with van der Waals surface area (Å²) in [5.74, 6) is -1.92. The molecule has 1 heterocycles. The average molecular weight is 237 g/mol. The minimum atomic E-state index is -4.31. The Balaban J connectivity index is 2.11. The van der Waals surface area contributed by atoms with Crippen LogP contribution in [0.25, 0.3) is 0 Å². The predicted molar refractivity (Wildman–Crippen MR) is 49.9 cm³/mol. The van der Waals surface area contributed by atoms with Crippen molar-refractivity contribution >= 4 is 5.97 Å². The Hall–Kier alpha value is -0.780. The van der Waals surface area contributed by atoms with Gasteiger partial charge in [-0.2, -0.15) is 13.2 Å². The van der Waals surface area contributed by atoms with Gasteiger partial charge in [-0.1, -0.05) is 0 Å². The van der Waals surface area contributed by atoms with Crippen LogP contribution in [0.2, 0.25) is 0 Å². The number of hydrogen-bond acceptors (Lipinski definition) is 2. The lowest BCUT2D eigenvalue weighted by Crippen LogP contribution is -2.46. The topological polar surface area (TPSA) is 40.5 Å². The number of aliphatic carboxylic acids is 1. The van der Waals surface area contributed by atoms with Gasteiger partial charge in [-0.25, -0.2) is 0 Å². The summed E-state index contributed by atoms with van der Waals surface area (Å²) >= 11 is 0. The molecular formula is C10H14F3NO2. The Morgan fingerprint density at radius 1 is 1.31 bits per heavy atom. The maximum absolute atomic E-state index is 12.9. The highest BCUT2D eigenvalue weighted by molar-refractivity contribution is 5.67. The highest BCUT2D eigenvalue weighted by Crippen LogP contribution is 2.43. The summed E-state index contributed by atoms with van der Waals surface area (Å²) in [6.45, 7) is 0.382. The first kappa shape index (κ1) is 11.7. The molecule has 1 saturated heterocycles. The fourth-order valence-electron chi connectivity index (χ4n) is 2.59. The first-order chi connectivity index (χ1) is 7.39. The van der Waals surface area contributed by atoms with Crippen LogP contribution in [0.1, 0.15) is 25.7 Å². The lowest BCUT2D eigenvalue weighted by atomic mass is 9.96. The van der Waals surface area contributed by atoms with E-state index in [1.54, 1.807) is 0 Å². The molecule has 16 heavy (non-hydrogen) atoms. The summed E-state index contributed by atoms with van der Waals surface area (Å²) in [4.78, 5) is 12.0. The first-order valence-electron chi connectivity index (χ1n) is 5.44. The SMILES string of the molecule is O=C(O)C[C@H]1CCN(C2CC2)[C@@H]1C(F)(F)F. The van der Waals surface area contributed by atoms with Crippen molar-refractivity contribution in [3.05, 3.63) is 0 Å². The molecule has 1 saturated carbocycles. The molecule has 1 aliphatic carbocycles. The van der Waals surface area contributed by atoms with Crippen molar-refractivity contribution in [2.45, 2.75) is 43.9 Å². The van der Waals surface area contributed by atoms with E-state index in [0.29, 0.717) is 13.0 Å². The summed E-state index contributed by atoms with van der Waals surface area (Å²) in [5.41, 5.74) is 0. The fraction of sp³-hybridized carbons (Fsp3) is 0.900. The highest BCUT2D eigenvalue weighted by atomic mass is 19.4. The van der Waals surface area contributed by atoms with E-state index in [0.717, 1.165) is 12.8 Å². The van der Waals surface area contributed by atoms with Crippen LogP contribution in [0.4, 0.5) is 13.2 Å². The van der Waals surface area contributed by atoms with Gasteiger partial charge in [0.15, 0.2) is 0 Å². The second kappa shape index (κ2) is 3.91. The standard InChI is InChI=1S/C10H14F3NO2/c11-10(12,13)9-6(5-8(15)16)3-4-14(9)7-1-2-7/h6-7,9H,1-5H2,(H,15,16)/t6-,9+/m1/s1. The molecule has 0 bridgehead atoms. The van der Waals surface area contributed by atoms with E-state index in [1.165, 1.54) is 4.90 Å². The van der Waals surface area contributed by atoms with Crippen molar-refractivity contribution in [1.29, 1.82) is 0 Å². The largest absolute Gasteiger partial charge is 0.481 e. The third-order valence-electron chi connectivity index (χ3n) is 3.35. The van der Waals surface area contributed by atoms with E-state index in [9.17, 15) is 18.0 Å². The second-order valence-electron chi connectivity index (χ2n) is 4.60.